The molecule has 2 aromatic heterocycles. The summed E-state index contributed by atoms with van der Waals surface area (Å²) in [6.45, 7) is 5.20. The Morgan fingerprint density at radius 3 is 2.51 bits per heavy atom. The zero-order valence-corrected chi connectivity index (χ0v) is 21.8. The van der Waals surface area contributed by atoms with E-state index < -0.39 is 11.9 Å². The Morgan fingerprint density at radius 1 is 0.974 bits per heavy atom. The van der Waals surface area contributed by atoms with Gasteiger partial charge in [0.15, 0.2) is 0 Å². The number of carbonyl (C=O) groups is 2. The average molecular weight is 523 g/mol. The maximum atomic E-state index is 13.6. The number of carbonyl (C=O) groups excluding carboxylic acids is 2. The summed E-state index contributed by atoms with van der Waals surface area (Å²) in [4.78, 5) is 49.2. The lowest BCUT2D eigenvalue weighted by Crippen LogP contribution is -2.45. The third kappa shape index (κ3) is 5.05. The number of benzene rings is 2. The van der Waals surface area contributed by atoms with Crippen LogP contribution in [0.5, 0.6) is 0 Å². The number of hydrogen-bond donors (Lipinski definition) is 2. The Morgan fingerprint density at radius 2 is 1.77 bits per heavy atom. The van der Waals surface area contributed by atoms with Gasteiger partial charge in [-0.25, -0.2) is 4.98 Å². The molecule has 9 heteroatoms. The number of likely N-dealkylation sites (tertiary alicyclic amines) is 1. The predicted octanol–water partition coefficient (Wildman–Crippen LogP) is 3.29. The van der Waals surface area contributed by atoms with Gasteiger partial charge in [0.2, 0.25) is 11.8 Å². The summed E-state index contributed by atoms with van der Waals surface area (Å²) in [7, 11) is 0. The van der Waals surface area contributed by atoms with Gasteiger partial charge in [0.25, 0.3) is 5.56 Å². The molecule has 4 aromatic rings. The van der Waals surface area contributed by atoms with E-state index in [0.29, 0.717) is 34.9 Å². The van der Waals surface area contributed by atoms with Gasteiger partial charge in [-0.15, -0.1) is 0 Å². The quantitative estimate of drug-likeness (QED) is 0.359. The molecule has 39 heavy (non-hydrogen) atoms. The van der Waals surface area contributed by atoms with Crippen LogP contribution in [0.3, 0.4) is 0 Å². The third-order valence-corrected chi connectivity index (χ3v) is 7.60. The van der Waals surface area contributed by atoms with Gasteiger partial charge in [0, 0.05) is 56.1 Å². The van der Waals surface area contributed by atoms with Gasteiger partial charge in [-0.05, 0) is 48.7 Å². The van der Waals surface area contributed by atoms with E-state index in [9.17, 15) is 14.4 Å². The molecule has 2 aliphatic heterocycles. The lowest BCUT2D eigenvalue weighted by atomic mass is 9.95. The molecule has 2 aromatic carbocycles. The van der Waals surface area contributed by atoms with Crippen molar-refractivity contribution in [1.82, 2.24) is 24.8 Å². The number of amides is 2. The second-order valence-corrected chi connectivity index (χ2v) is 10.3. The summed E-state index contributed by atoms with van der Waals surface area (Å²) < 4.78 is 1.41. The Bertz CT molecular complexity index is 1590. The highest BCUT2D eigenvalue weighted by molar-refractivity contribution is 5.99. The zero-order valence-electron chi connectivity index (χ0n) is 21.8. The molecule has 9 nitrogen and oxygen atoms in total. The number of hydrogen-bond acceptors (Lipinski definition) is 7. The fourth-order valence-corrected chi connectivity index (χ4v) is 5.52. The maximum Gasteiger partial charge on any atom is 0.264 e. The Kier molecular flexibility index (Phi) is 6.66. The van der Waals surface area contributed by atoms with E-state index in [1.165, 1.54) is 10.1 Å². The highest BCUT2D eigenvalue weighted by Crippen LogP contribution is 2.27. The van der Waals surface area contributed by atoms with Crippen LogP contribution in [0.25, 0.3) is 10.9 Å². The second-order valence-electron chi connectivity index (χ2n) is 10.3. The molecular formula is C30H30N6O3. The molecule has 1 atom stereocenters. The van der Waals surface area contributed by atoms with Crippen molar-refractivity contribution >= 4 is 28.4 Å². The molecule has 0 saturated carbocycles. The van der Waals surface area contributed by atoms with Crippen molar-refractivity contribution < 1.29 is 9.59 Å². The normalized spacial score (nSPS) is 18.1. The fraction of sp³-hybridized carbons (Fsp3) is 0.300. The largest absolute Gasteiger partial charge is 0.380 e. The minimum absolute atomic E-state index is 0.193. The molecule has 2 saturated heterocycles. The number of imide groups is 1. The molecule has 198 valence electrons. The van der Waals surface area contributed by atoms with E-state index in [4.69, 9.17) is 0 Å². The van der Waals surface area contributed by atoms with Gasteiger partial charge >= 0.3 is 0 Å². The molecule has 2 amide bonds. The minimum Gasteiger partial charge on any atom is -0.380 e. The van der Waals surface area contributed by atoms with Gasteiger partial charge in [0.1, 0.15) is 11.9 Å². The number of fused-ring (bicyclic) bond motifs is 1. The topological polar surface area (TPSA) is 109 Å². The molecular weight excluding hydrogens is 492 g/mol. The lowest BCUT2D eigenvalue weighted by Gasteiger charge is -2.39. The highest BCUT2D eigenvalue weighted by atomic mass is 16.2. The van der Waals surface area contributed by atoms with Crippen LogP contribution >= 0.6 is 0 Å². The van der Waals surface area contributed by atoms with Gasteiger partial charge in [-0.1, -0.05) is 36.4 Å². The van der Waals surface area contributed by atoms with E-state index in [0.717, 1.165) is 30.9 Å². The lowest BCUT2D eigenvalue weighted by molar-refractivity contribution is -0.135. The van der Waals surface area contributed by atoms with Crippen molar-refractivity contribution in [2.24, 2.45) is 0 Å². The van der Waals surface area contributed by atoms with Crippen LogP contribution in [0.1, 0.15) is 47.4 Å². The first-order chi connectivity index (χ1) is 19.0. The first-order valence-electron chi connectivity index (χ1n) is 13.3. The number of piperidine rings is 1. The molecule has 2 fully saturated rings. The molecule has 0 radical (unpaired) electrons. The van der Waals surface area contributed by atoms with Crippen molar-refractivity contribution in [1.29, 1.82) is 0 Å². The van der Waals surface area contributed by atoms with Crippen molar-refractivity contribution in [3.8, 4) is 0 Å². The second kappa shape index (κ2) is 10.4. The molecule has 0 aliphatic carbocycles. The number of pyridine rings is 1. The Balaban J connectivity index is 1.14. The van der Waals surface area contributed by atoms with Crippen molar-refractivity contribution in [3.05, 3.63) is 99.9 Å². The Hall–Kier alpha value is -4.37. The standard InChI is InChI=1S/C30H30N6O3/c1-19-33-25-7-4-6-24(28(25)30(39)36(19)26-12-13-27(37)34-29(26)38)32-15-20-8-10-21(11-9-20)16-35-17-22(18-35)23-5-2-3-14-31-23/h2-11,14,22,26,32H,12-13,15-18H2,1H3,(H,34,37,38). The van der Waals surface area contributed by atoms with E-state index in [2.05, 4.69) is 55.8 Å². The summed E-state index contributed by atoms with van der Waals surface area (Å²) in [5.74, 6) is 0.174. The zero-order chi connectivity index (χ0) is 26.9. The van der Waals surface area contributed by atoms with Gasteiger partial charge in [-0.3, -0.25) is 34.2 Å². The molecule has 4 heterocycles. The van der Waals surface area contributed by atoms with Crippen LogP contribution in [0.2, 0.25) is 0 Å². The number of rotatable bonds is 7. The number of anilines is 1. The summed E-state index contributed by atoms with van der Waals surface area (Å²) in [6, 6.07) is 19.4. The van der Waals surface area contributed by atoms with E-state index in [1.807, 2.05) is 30.5 Å². The van der Waals surface area contributed by atoms with Crippen molar-refractivity contribution in [3.63, 3.8) is 0 Å². The molecule has 0 bridgehead atoms. The first-order valence-corrected chi connectivity index (χ1v) is 13.3. The monoisotopic (exact) mass is 522 g/mol. The fourth-order valence-electron chi connectivity index (χ4n) is 5.52. The molecule has 2 N–H and O–H groups in total. The molecule has 2 aliphatic rings. The average Bonchev–Trinajstić information content (AvgIpc) is 2.91. The van der Waals surface area contributed by atoms with E-state index in [1.54, 1.807) is 13.0 Å². The summed E-state index contributed by atoms with van der Waals surface area (Å²) in [5.41, 5.74) is 4.46. The molecule has 0 spiro atoms. The Labute approximate surface area is 225 Å². The number of nitrogens with one attached hydrogen (secondary N) is 2. The van der Waals surface area contributed by atoms with Crippen LogP contribution in [0, 0.1) is 6.92 Å². The summed E-state index contributed by atoms with van der Waals surface area (Å²) >= 11 is 0. The maximum absolute atomic E-state index is 13.6. The molecule has 6 rings (SSSR count). The van der Waals surface area contributed by atoms with E-state index in [-0.39, 0.29) is 24.3 Å². The predicted molar refractivity (Wildman–Crippen MR) is 148 cm³/mol. The van der Waals surface area contributed by atoms with Crippen molar-refractivity contribution in [2.45, 2.75) is 44.8 Å². The minimum atomic E-state index is -0.752. The van der Waals surface area contributed by atoms with Crippen LogP contribution < -0.4 is 16.2 Å². The SMILES string of the molecule is Cc1nc2cccc(NCc3ccc(CN4CC(c5ccccn5)C4)cc3)c2c(=O)n1C1CCC(=O)NC1=O. The highest BCUT2D eigenvalue weighted by Gasteiger charge is 2.31. The van der Waals surface area contributed by atoms with Crippen LogP contribution in [0.15, 0.2) is 71.7 Å². The van der Waals surface area contributed by atoms with Crippen LogP contribution in [0.4, 0.5) is 5.69 Å². The van der Waals surface area contributed by atoms with Crippen LogP contribution in [-0.2, 0) is 22.7 Å². The van der Waals surface area contributed by atoms with Gasteiger partial charge < -0.3 is 5.32 Å². The molecule has 1 unspecified atom stereocenters. The van der Waals surface area contributed by atoms with E-state index >= 15 is 0 Å². The summed E-state index contributed by atoms with van der Waals surface area (Å²) in [5, 5.41) is 6.17. The number of nitrogens with zero attached hydrogens (tertiary/aromatic N) is 4. The van der Waals surface area contributed by atoms with Gasteiger partial charge in [0.05, 0.1) is 10.9 Å². The van der Waals surface area contributed by atoms with Gasteiger partial charge in [-0.2, -0.15) is 0 Å². The smallest absolute Gasteiger partial charge is 0.264 e. The number of aromatic nitrogens is 3. The van der Waals surface area contributed by atoms with Crippen molar-refractivity contribution in [2.75, 3.05) is 18.4 Å². The first kappa shape index (κ1) is 24.9. The summed E-state index contributed by atoms with van der Waals surface area (Å²) in [6.07, 6.45) is 2.33. The van der Waals surface area contributed by atoms with Crippen LogP contribution in [-0.4, -0.2) is 44.3 Å². The third-order valence-electron chi connectivity index (χ3n) is 7.60. The number of aryl methyl sites for hydroxylation is 1.